The molecule has 3 aromatic carbocycles. The highest BCUT2D eigenvalue weighted by Crippen LogP contribution is 2.32. The molecule has 0 radical (unpaired) electrons. The van der Waals surface area contributed by atoms with Crippen LogP contribution in [0.3, 0.4) is 0 Å². The number of aromatic nitrogens is 3. The van der Waals surface area contributed by atoms with Crippen LogP contribution in [-0.4, -0.2) is 27.0 Å². The Bertz CT molecular complexity index is 1690. The third kappa shape index (κ3) is 3.84. The zero-order valence-electron chi connectivity index (χ0n) is 19.1. The van der Waals surface area contributed by atoms with Gasteiger partial charge in [-0.1, -0.05) is 42.5 Å². The highest BCUT2D eigenvalue weighted by molar-refractivity contribution is 6.07. The number of hydrogen-bond acceptors (Lipinski definition) is 5. The number of amides is 1. The lowest BCUT2D eigenvalue weighted by Gasteiger charge is -2.10. The minimum absolute atomic E-state index is 0.173. The van der Waals surface area contributed by atoms with Gasteiger partial charge in [-0.05, 0) is 29.8 Å². The number of rotatable bonds is 6. The van der Waals surface area contributed by atoms with E-state index < -0.39 is 5.56 Å². The molecule has 0 bridgehead atoms. The second kappa shape index (κ2) is 8.84. The van der Waals surface area contributed by atoms with Gasteiger partial charge in [0, 0.05) is 28.4 Å². The molecule has 0 unspecified atom stereocenters. The molecule has 8 nitrogen and oxygen atoms in total. The fourth-order valence-corrected chi connectivity index (χ4v) is 4.51. The molecule has 180 valence electrons. The monoisotopic (exact) mass is 484 g/mol. The van der Waals surface area contributed by atoms with Crippen LogP contribution in [-0.2, 0) is 24.4 Å². The van der Waals surface area contributed by atoms with E-state index in [2.05, 4.69) is 10.4 Å². The third-order valence-corrected chi connectivity index (χ3v) is 6.28. The van der Waals surface area contributed by atoms with Crippen molar-refractivity contribution in [3.63, 3.8) is 0 Å². The number of para-hydroxylation sites is 1. The molecule has 0 spiro atoms. The van der Waals surface area contributed by atoms with Crippen molar-refractivity contribution in [2.75, 3.05) is 6.79 Å². The average molecular weight is 484 g/mol. The van der Waals surface area contributed by atoms with Crippen molar-refractivity contribution < 1.29 is 18.7 Å². The van der Waals surface area contributed by atoms with Crippen molar-refractivity contribution in [1.29, 1.82) is 0 Å². The summed E-state index contributed by atoms with van der Waals surface area (Å²) in [5.74, 6) is 0.590. The van der Waals surface area contributed by atoms with Gasteiger partial charge in [0.25, 0.3) is 5.56 Å². The number of carbonyl (C=O) groups is 1. The summed E-state index contributed by atoms with van der Waals surface area (Å²) in [7, 11) is 0. The SMILES string of the molecule is O=C(Cn1ncc2c3ccccc3n(Cc3ccccc3F)c2c1=O)NCc1ccc2c(c1)OCO2. The molecule has 1 amide bonds. The summed E-state index contributed by atoms with van der Waals surface area (Å²) in [6.45, 7) is 0.364. The van der Waals surface area contributed by atoms with Gasteiger partial charge in [-0.2, -0.15) is 5.10 Å². The van der Waals surface area contributed by atoms with E-state index in [1.165, 1.54) is 6.07 Å². The van der Waals surface area contributed by atoms with Crippen LogP contribution >= 0.6 is 0 Å². The maximum Gasteiger partial charge on any atom is 0.291 e. The van der Waals surface area contributed by atoms with Crippen molar-refractivity contribution in [2.24, 2.45) is 0 Å². The van der Waals surface area contributed by atoms with E-state index in [1.54, 1.807) is 41.1 Å². The van der Waals surface area contributed by atoms with Gasteiger partial charge in [0.05, 0.1) is 12.7 Å². The topological polar surface area (TPSA) is 87.4 Å². The molecule has 0 aliphatic carbocycles. The van der Waals surface area contributed by atoms with Crippen molar-refractivity contribution >= 4 is 27.7 Å². The molecule has 1 aliphatic rings. The molecule has 1 aliphatic heterocycles. The van der Waals surface area contributed by atoms with Crippen LogP contribution in [0.5, 0.6) is 11.5 Å². The summed E-state index contributed by atoms with van der Waals surface area (Å²) in [4.78, 5) is 26.2. The number of ether oxygens (including phenoxy) is 2. The number of nitrogens with one attached hydrogen (secondary N) is 1. The van der Waals surface area contributed by atoms with Gasteiger partial charge in [0.2, 0.25) is 12.7 Å². The fourth-order valence-electron chi connectivity index (χ4n) is 4.51. The van der Waals surface area contributed by atoms with Crippen molar-refractivity contribution in [3.8, 4) is 11.5 Å². The Morgan fingerprint density at radius 3 is 2.69 bits per heavy atom. The summed E-state index contributed by atoms with van der Waals surface area (Å²) in [5, 5.41) is 8.56. The number of carbonyl (C=O) groups excluding carboxylic acids is 1. The average Bonchev–Trinajstić information content (AvgIpc) is 3.49. The zero-order valence-corrected chi connectivity index (χ0v) is 19.1. The molecule has 0 saturated carbocycles. The summed E-state index contributed by atoms with van der Waals surface area (Å²) >= 11 is 0. The molecule has 0 fully saturated rings. The highest BCUT2D eigenvalue weighted by Gasteiger charge is 2.18. The molecule has 3 heterocycles. The van der Waals surface area contributed by atoms with E-state index in [9.17, 15) is 14.0 Å². The lowest BCUT2D eigenvalue weighted by molar-refractivity contribution is -0.122. The normalized spacial score (nSPS) is 12.4. The molecule has 6 rings (SSSR count). The second-order valence-electron chi connectivity index (χ2n) is 8.53. The Balaban J connectivity index is 1.31. The van der Waals surface area contributed by atoms with Gasteiger partial charge in [-0.3, -0.25) is 9.59 Å². The summed E-state index contributed by atoms with van der Waals surface area (Å²) in [6, 6.07) is 19.5. The standard InChI is InChI=1S/C27H21FN4O4/c28-21-7-3-1-5-18(21)14-31-22-8-4-2-6-19(22)20-13-30-32(27(34)26(20)31)15-25(33)29-12-17-9-10-23-24(11-17)36-16-35-23/h1-11,13H,12,14-16H2,(H,29,33). The van der Waals surface area contributed by atoms with Crippen molar-refractivity contribution in [3.05, 3.63) is 100 Å². The lowest BCUT2D eigenvalue weighted by atomic mass is 10.2. The van der Waals surface area contributed by atoms with Crippen LogP contribution in [0.2, 0.25) is 0 Å². The van der Waals surface area contributed by atoms with Crippen LogP contribution in [0.15, 0.2) is 77.7 Å². The minimum atomic E-state index is -0.418. The Labute approximate surface area is 204 Å². The van der Waals surface area contributed by atoms with Gasteiger partial charge in [-0.15, -0.1) is 0 Å². The molecule has 0 saturated heterocycles. The summed E-state index contributed by atoms with van der Waals surface area (Å²) in [6.07, 6.45) is 1.59. The Kier molecular flexibility index (Phi) is 5.37. The lowest BCUT2D eigenvalue weighted by Crippen LogP contribution is -2.33. The van der Waals surface area contributed by atoms with E-state index in [1.807, 2.05) is 30.3 Å². The van der Waals surface area contributed by atoms with Gasteiger partial charge in [-0.25, -0.2) is 9.07 Å². The predicted molar refractivity (Wildman–Crippen MR) is 131 cm³/mol. The molecular weight excluding hydrogens is 463 g/mol. The number of nitrogens with zero attached hydrogens (tertiary/aromatic N) is 3. The highest BCUT2D eigenvalue weighted by atomic mass is 19.1. The molecule has 5 aromatic rings. The van der Waals surface area contributed by atoms with Gasteiger partial charge in [0.15, 0.2) is 11.5 Å². The van der Waals surface area contributed by atoms with E-state index in [0.29, 0.717) is 28.0 Å². The Hall–Kier alpha value is -4.66. The number of benzene rings is 3. The smallest absolute Gasteiger partial charge is 0.291 e. The second-order valence-corrected chi connectivity index (χ2v) is 8.53. The van der Waals surface area contributed by atoms with Crippen LogP contribution in [0.1, 0.15) is 11.1 Å². The molecule has 1 N–H and O–H groups in total. The van der Waals surface area contributed by atoms with E-state index >= 15 is 0 Å². The zero-order chi connectivity index (χ0) is 24.6. The molecular formula is C27H21FN4O4. The quantitative estimate of drug-likeness (QED) is 0.398. The minimum Gasteiger partial charge on any atom is -0.454 e. The van der Waals surface area contributed by atoms with Crippen molar-refractivity contribution in [2.45, 2.75) is 19.6 Å². The number of halogens is 1. The molecule has 0 atom stereocenters. The third-order valence-electron chi connectivity index (χ3n) is 6.28. The fraction of sp³-hybridized carbons (Fsp3) is 0.148. The van der Waals surface area contributed by atoms with Crippen LogP contribution in [0, 0.1) is 5.82 Å². The molecule has 9 heteroatoms. The van der Waals surface area contributed by atoms with Crippen molar-refractivity contribution in [1.82, 2.24) is 19.7 Å². The van der Waals surface area contributed by atoms with Crippen LogP contribution < -0.4 is 20.3 Å². The van der Waals surface area contributed by atoms with E-state index in [4.69, 9.17) is 9.47 Å². The van der Waals surface area contributed by atoms with E-state index in [0.717, 1.165) is 21.1 Å². The first kappa shape index (κ1) is 21.8. The van der Waals surface area contributed by atoms with Gasteiger partial charge >= 0.3 is 0 Å². The maximum absolute atomic E-state index is 14.5. The molecule has 2 aromatic heterocycles. The number of fused-ring (bicyclic) bond motifs is 4. The summed E-state index contributed by atoms with van der Waals surface area (Å²) < 4.78 is 28.0. The first-order valence-electron chi connectivity index (χ1n) is 11.4. The Morgan fingerprint density at radius 2 is 1.81 bits per heavy atom. The largest absolute Gasteiger partial charge is 0.454 e. The summed E-state index contributed by atoms with van der Waals surface area (Å²) in [5.41, 5.74) is 2.05. The number of hydrogen-bond donors (Lipinski definition) is 1. The first-order valence-corrected chi connectivity index (χ1v) is 11.4. The van der Waals surface area contributed by atoms with Crippen LogP contribution in [0.4, 0.5) is 4.39 Å². The van der Waals surface area contributed by atoms with Crippen LogP contribution in [0.25, 0.3) is 21.8 Å². The van der Waals surface area contributed by atoms with Gasteiger partial charge in [0.1, 0.15) is 17.9 Å². The first-order chi connectivity index (χ1) is 17.6. The van der Waals surface area contributed by atoms with E-state index in [-0.39, 0.29) is 38.2 Å². The molecule has 36 heavy (non-hydrogen) atoms. The van der Waals surface area contributed by atoms with Gasteiger partial charge < -0.3 is 19.4 Å². The Morgan fingerprint density at radius 1 is 1.00 bits per heavy atom. The predicted octanol–water partition coefficient (Wildman–Crippen LogP) is 3.58. The maximum atomic E-state index is 14.5.